The SMILES string of the molecule is Cc1noc(-c2c(Cl)cccc2-c2cnc(N(C)C(=O)OC(C)(C)C)c(Cl)c2)n1. The Morgan fingerprint density at radius 2 is 1.93 bits per heavy atom. The number of hydrogen-bond acceptors (Lipinski definition) is 6. The molecule has 3 rings (SSSR count). The average molecular weight is 435 g/mol. The van der Waals surface area contributed by atoms with Crippen LogP contribution in [0.3, 0.4) is 0 Å². The molecule has 152 valence electrons. The smallest absolute Gasteiger partial charge is 0.415 e. The van der Waals surface area contributed by atoms with E-state index >= 15 is 0 Å². The maximum absolute atomic E-state index is 12.3. The van der Waals surface area contributed by atoms with Gasteiger partial charge < -0.3 is 9.26 Å². The van der Waals surface area contributed by atoms with Crippen molar-refractivity contribution in [1.82, 2.24) is 15.1 Å². The molecular weight excluding hydrogens is 415 g/mol. The number of hydrogen-bond donors (Lipinski definition) is 0. The maximum atomic E-state index is 12.3. The van der Waals surface area contributed by atoms with E-state index in [-0.39, 0.29) is 10.8 Å². The second-order valence-electron chi connectivity index (χ2n) is 7.38. The molecule has 0 atom stereocenters. The van der Waals surface area contributed by atoms with Gasteiger partial charge >= 0.3 is 6.09 Å². The van der Waals surface area contributed by atoms with E-state index in [1.54, 1.807) is 59.1 Å². The highest BCUT2D eigenvalue weighted by Crippen LogP contribution is 2.38. The van der Waals surface area contributed by atoms with Crippen LogP contribution >= 0.6 is 23.2 Å². The molecule has 2 aromatic heterocycles. The Morgan fingerprint density at radius 1 is 1.21 bits per heavy atom. The Kier molecular flexibility index (Phi) is 5.82. The first-order valence-corrected chi connectivity index (χ1v) is 9.54. The number of carbonyl (C=O) groups excluding carboxylic acids is 1. The van der Waals surface area contributed by atoms with Gasteiger partial charge in [0.2, 0.25) is 0 Å². The van der Waals surface area contributed by atoms with Crippen LogP contribution in [0.1, 0.15) is 26.6 Å². The van der Waals surface area contributed by atoms with Gasteiger partial charge in [0.1, 0.15) is 5.60 Å². The first-order valence-electron chi connectivity index (χ1n) is 8.78. The van der Waals surface area contributed by atoms with Gasteiger partial charge in [0.05, 0.1) is 15.6 Å². The van der Waals surface area contributed by atoms with Crippen LogP contribution in [-0.4, -0.2) is 33.9 Å². The van der Waals surface area contributed by atoms with Crippen molar-refractivity contribution in [3.63, 3.8) is 0 Å². The van der Waals surface area contributed by atoms with Crippen molar-refractivity contribution < 1.29 is 14.1 Å². The number of benzene rings is 1. The van der Waals surface area contributed by atoms with Gasteiger partial charge in [-0.3, -0.25) is 4.90 Å². The fourth-order valence-corrected chi connectivity index (χ4v) is 3.17. The third-order valence-corrected chi connectivity index (χ3v) is 4.47. The van der Waals surface area contributed by atoms with Crippen molar-refractivity contribution in [3.05, 3.63) is 46.3 Å². The molecule has 0 aliphatic rings. The molecule has 0 saturated heterocycles. The third kappa shape index (κ3) is 4.68. The van der Waals surface area contributed by atoms with Gasteiger partial charge in [-0.05, 0) is 45.4 Å². The van der Waals surface area contributed by atoms with Crippen molar-refractivity contribution in [2.45, 2.75) is 33.3 Å². The lowest BCUT2D eigenvalue weighted by molar-refractivity contribution is 0.0588. The number of rotatable bonds is 3. The molecule has 0 aliphatic heterocycles. The monoisotopic (exact) mass is 434 g/mol. The second kappa shape index (κ2) is 8.00. The minimum absolute atomic E-state index is 0.280. The van der Waals surface area contributed by atoms with Crippen LogP contribution in [0.25, 0.3) is 22.6 Å². The number of amides is 1. The van der Waals surface area contributed by atoms with Crippen LogP contribution in [0, 0.1) is 6.92 Å². The summed E-state index contributed by atoms with van der Waals surface area (Å²) < 4.78 is 10.7. The molecule has 0 N–H and O–H groups in total. The van der Waals surface area contributed by atoms with Gasteiger partial charge in [-0.2, -0.15) is 4.98 Å². The number of ether oxygens (including phenoxy) is 1. The Hall–Kier alpha value is -2.64. The normalized spacial score (nSPS) is 11.4. The van der Waals surface area contributed by atoms with Gasteiger partial charge in [0.25, 0.3) is 5.89 Å². The van der Waals surface area contributed by atoms with E-state index < -0.39 is 11.7 Å². The number of nitrogens with zero attached hydrogens (tertiary/aromatic N) is 4. The Bertz CT molecular complexity index is 1060. The van der Waals surface area contributed by atoms with Gasteiger partial charge in [-0.25, -0.2) is 9.78 Å². The van der Waals surface area contributed by atoms with Crippen molar-refractivity contribution in [2.24, 2.45) is 0 Å². The molecule has 7 nitrogen and oxygen atoms in total. The molecule has 1 amide bonds. The van der Waals surface area contributed by atoms with Crippen LogP contribution in [0.15, 0.2) is 35.0 Å². The molecule has 0 unspecified atom stereocenters. The van der Waals surface area contributed by atoms with E-state index in [1.807, 2.05) is 6.07 Å². The van der Waals surface area contributed by atoms with Crippen molar-refractivity contribution >= 4 is 35.1 Å². The van der Waals surface area contributed by atoms with Gasteiger partial charge in [-0.15, -0.1) is 0 Å². The quantitative estimate of drug-likeness (QED) is 0.518. The van der Waals surface area contributed by atoms with Gasteiger partial charge in [0, 0.05) is 18.8 Å². The van der Waals surface area contributed by atoms with E-state index in [2.05, 4.69) is 15.1 Å². The highest BCUT2D eigenvalue weighted by Gasteiger charge is 2.24. The fourth-order valence-electron chi connectivity index (χ4n) is 2.62. The Balaban J connectivity index is 2.00. The molecule has 29 heavy (non-hydrogen) atoms. The molecule has 0 saturated carbocycles. The zero-order valence-electron chi connectivity index (χ0n) is 16.7. The minimum atomic E-state index is -0.629. The number of carbonyl (C=O) groups is 1. The Labute approximate surface area is 178 Å². The van der Waals surface area contributed by atoms with E-state index in [9.17, 15) is 4.79 Å². The first-order chi connectivity index (χ1) is 13.6. The summed E-state index contributed by atoms with van der Waals surface area (Å²) in [6.07, 6.45) is 1.05. The first kappa shape index (κ1) is 21.1. The van der Waals surface area contributed by atoms with Crippen LogP contribution in [-0.2, 0) is 4.74 Å². The van der Waals surface area contributed by atoms with Crippen molar-refractivity contribution in [3.8, 4) is 22.6 Å². The lowest BCUT2D eigenvalue weighted by atomic mass is 10.0. The van der Waals surface area contributed by atoms with Gasteiger partial charge in [-0.1, -0.05) is 40.5 Å². The lowest BCUT2D eigenvalue weighted by Gasteiger charge is -2.24. The molecule has 0 aliphatic carbocycles. The Morgan fingerprint density at radius 3 is 2.52 bits per heavy atom. The lowest BCUT2D eigenvalue weighted by Crippen LogP contribution is -2.34. The van der Waals surface area contributed by atoms with Gasteiger partial charge in [0.15, 0.2) is 11.6 Å². The topological polar surface area (TPSA) is 81.4 Å². The summed E-state index contributed by atoms with van der Waals surface area (Å²) >= 11 is 12.8. The molecule has 0 bridgehead atoms. The van der Waals surface area contributed by atoms with Crippen LogP contribution in [0.2, 0.25) is 10.0 Å². The predicted molar refractivity (Wildman–Crippen MR) is 112 cm³/mol. The number of aryl methyl sites for hydroxylation is 1. The molecule has 2 heterocycles. The number of halogens is 2. The van der Waals surface area contributed by atoms with E-state index in [1.165, 1.54) is 4.90 Å². The summed E-state index contributed by atoms with van der Waals surface area (Å²) in [6.45, 7) is 7.09. The maximum Gasteiger partial charge on any atom is 0.415 e. The molecule has 1 aromatic carbocycles. The fraction of sp³-hybridized carbons (Fsp3) is 0.300. The summed E-state index contributed by atoms with van der Waals surface area (Å²) in [5, 5.41) is 4.56. The average Bonchev–Trinajstić information content (AvgIpc) is 3.05. The van der Waals surface area contributed by atoms with Crippen LogP contribution < -0.4 is 4.90 Å². The summed E-state index contributed by atoms with van der Waals surface area (Å²) in [5.41, 5.74) is 1.36. The molecule has 3 aromatic rings. The largest absolute Gasteiger partial charge is 0.443 e. The molecule has 0 fully saturated rings. The highest BCUT2D eigenvalue weighted by molar-refractivity contribution is 6.34. The molecule has 0 radical (unpaired) electrons. The second-order valence-corrected chi connectivity index (χ2v) is 8.19. The highest BCUT2D eigenvalue weighted by atomic mass is 35.5. The molecule has 9 heteroatoms. The number of aromatic nitrogens is 3. The van der Waals surface area contributed by atoms with Crippen LogP contribution in [0.5, 0.6) is 0 Å². The van der Waals surface area contributed by atoms with Crippen molar-refractivity contribution in [2.75, 3.05) is 11.9 Å². The number of anilines is 1. The molecular formula is C20H20Cl2N4O3. The van der Waals surface area contributed by atoms with E-state index in [0.29, 0.717) is 27.9 Å². The zero-order valence-corrected chi connectivity index (χ0v) is 18.2. The standard InChI is InChI=1S/C20H20Cl2N4O3/c1-11-24-18(29-25-11)16-13(7-6-8-14(16)21)12-9-15(22)17(23-10-12)26(5)19(27)28-20(2,3)4/h6-10H,1-5H3. The summed E-state index contributed by atoms with van der Waals surface area (Å²) in [7, 11) is 1.55. The van der Waals surface area contributed by atoms with E-state index in [0.717, 1.165) is 5.56 Å². The summed E-state index contributed by atoms with van der Waals surface area (Å²) in [4.78, 5) is 22.2. The van der Waals surface area contributed by atoms with Crippen LogP contribution in [0.4, 0.5) is 10.6 Å². The zero-order chi connectivity index (χ0) is 21.3. The third-order valence-electron chi connectivity index (χ3n) is 3.87. The summed E-state index contributed by atoms with van der Waals surface area (Å²) in [6, 6.07) is 7.09. The number of pyridine rings is 1. The predicted octanol–water partition coefficient (Wildman–Crippen LogP) is 5.79. The minimum Gasteiger partial charge on any atom is -0.443 e. The van der Waals surface area contributed by atoms with E-state index in [4.69, 9.17) is 32.5 Å². The molecule has 0 spiro atoms. The summed E-state index contributed by atoms with van der Waals surface area (Å²) in [5.74, 6) is 1.08. The van der Waals surface area contributed by atoms with Crippen molar-refractivity contribution in [1.29, 1.82) is 0 Å².